The number of carbonyl (C=O) groups excluding carboxylic acids is 1. The van der Waals surface area contributed by atoms with Crippen LogP contribution in [-0.4, -0.2) is 57.8 Å². The maximum atomic E-state index is 13.5. The van der Waals surface area contributed by atoms with Crippen molar-refractivity contribution in [2.45, 2.75) is 84.0 Å². The van der Waals surface area contributed by atoms with Crippen molar-refractivity contribution in [2.75, 3.05) is 20.3 Å². The monoisotopic (exact) mass is 428 g/mol. The van der Waals surface area contributed by atoms with Crippen LogP contribution in [0.2, 0.25) is 0 Å². The van der Waals surface area contributed by atoms with Crippen molar-refractivity contribution in [1.29, 1.82) is 0 Å². The third-order valence-electron chi connectivity index (χ3n) is 6.60. The molecule has 4 rings (SSSR count). The Bertz CT molecular complexity index is 900. The second-order valence-corrected chi connectivity index (χ2v) is 9.16. The van der Waals surface area contributed by atoms with Gasteiger partial charge >= 0.3 is 0 Å². The van der Waals surface area contributed by atoms with Crippen molar-refractivity contribution in [1.82, 2.24) is 19.4 Å². The van der Waals surface area contributed by atoms with E-state index in [4.69, 9.17) is 14.5 Å². The van der Waals surface area contributed by atoms with E-state index in [9.17, 15) is 4.79 Å². The molecular formula is C24H36N4O3. The van der Waals surface area contributed by atoms with Crippen LogP contribution in [-0.2, 0) is 27.2 Å². The second-order valence-electron chi connectivity index (χ2n) is 9.16. The third kappa shape index (κ3) is 4.77. The Kier molecular flexibility index (Phi) is 6.92. The van der Waals surface area contributed by atoms with E-state index in [0.29, 0.717) is 18.6 Å². The SMILES string of the molecule is CCc1nc([C@@H](C)N(C(=O)[C@H]2CC[C@@H](C)CO2)C2CC2)cc2c1ncn2CCCOC. The summed E-state index contributed by atoms with van der Waals surface area (Å²) in [6.07, 6.45) is 7.33. The van der Waals surface area contributed by atoms with Gasteiger partial charge in [0.05, 0.1) is 35.9 Å². The molecule has 31 heavy (non-hydrogen) atoms. The number of hydrogen-bond acceptors (Lipinski definition) is 5. The summed E-state index contributed by atoms with van der Waals surface area (Å²) in [6.45, 7) is 8.66. The first kappa shape index (κ1) is 22.2. The molecule has 7 nitrogen and oxygen atoms in total. The predicted molar refractivity (Wildman–Crippen MR) is 120 cm³/mol. The molecule has 0 N–H and O–H groups in total. The normalized spacial score (nSPS) is 22.6. The first-order valence-electron chi connectivity index (χ1n) is 11.8. The molecule has 2 aromatic rings. The zero-order chi connectivity index (χ0) is 22.0. The fourth-order valence-corrected chi connectivity index (χ4v) is 4.59. The minimum atomic E-state index is -0.312. The van der Waals surface area contributed by atoms with Gasteiger partial charge in [-0.15, -0.1) is 0 Å². The number of aromatic nitrogens is 3. The van der Waals surface area contributed by atoms with Gasteiger partial charge in [0.2, 0.25) is 0 Å². The highest BCUT2D eigenvalue weighted by Crippen LogP contribution is 2.36. The van der Waals surface area contributed by atoms with Gasteiger partial charge in [-0.1, -0.05) is 13.8 Å². The molecule has 3 heterocycles. The molecule has 1 aliphatic carbocycles. The van der Waals surface area contributed by atoms with Crippen LogP contribution < -0.4 is 0 Å². The maximum absolute atomic E-state index is 13.5. The van der Waals surface area contributed by atoms with Crippen LogP contribution in [0.1, 0.15) is 70.3 Å². The number of carbonyl (C=O) groups is 1. The van der Waals surface area contributed by atoms with E-state index >= 15 is 0 Å². The van der Waals surface area contributed by atoms with Crippen LogP contribution in [0.15, 0.2) is 12.4 Å². The molecule has 7 heteroatoms. The smallest absolute Gasteiger partial charge is 0.252 e. The molecule has 2 aliphatic rings. The zero-order valence-electron chi connectivity index (χ0n) is 19.3. The van der Waals surface area contributed by atoms with Crippen molar-refractivity contribution in [3.05, 3.63) is 23.8 Å². The van der Waals surface area contributed by atoms with Gasteiger partial charge in [-0.2, -0.15) is 0 Å². The number of nitrogens with zero attached hydrogens (tertiary/aromatic N) is 4. The Morgan fingerprint density at radius 3 is 2.81 bits per heavy atom. The summed E-state index contributed by atoms with van der Waals surface area (Å²) in [6, 6.07) is 2.35. The number of pyridine rings is 1. The number of amides is 1. The van der Waals surface area contributed by atoms with Crippen LogP contribution >= 0.6 is 0 Å². The van der Waals surface area contributed by atoms with Gasteiger partial charge in [0.1, 0.15) is 11.6 Å². The second kappa shape index (κ2) is 9.65. The van der Waals surface area contributed by atoms with Gasteiger partial charge in [0, 0.05) is 26.3 Å². The molecule has 170 valence electrons. The molecule has 2 fully saturated rings. The predicted octanol–water partition coefficient (Wildman–Crippen LogP) is 3.90. The lowest BCUT2D eigenvalue weighted by Gasteiger charge is -2.35. The number of imidazole rings is 1. The van der Waals surface area contributed by atoms with Crippen molar-refractivity contribution in [2.24, 2.45) is 5.92 Å². The molecule has 1 saturated carbocycles. The van der Waals surface area contributed by atoms with E-state index in [1.54, 1.807) is 7.11 Å². The van der Waals surface area contributed by atoms with Gasteiger partial charge in [-0.05, 0) is 57.4 Å². The van der Waals surface area contributed by atoms with E-state index in [1.807, 2.05) is 6.33 Å². The van der Waals surface area contributed by atoms with Gasteiger partial charge in [-0.25, -0.2) is 4.98 Å². The quantitative estimate of drug-likeness (QED) is 0.567. The van der Waals surface area contributed by atoms with Crippen molar-refractivity contribution in [3.8, 4) is 0 Å². The molecule has 0 aromatic carbocycles. The Labute approximate surface area is 185 Å². The van der Waals surface area contributed by atoms with E-state index in [1.165, 1.54) is 0 Å². The number of rotatable bonds is 9. The van der Waals surface area contributed by atoms with Crippen LogP contribution in [0.4, 0.5) is 0 Å². The van der Waals surface area contributed by atoms with Crippen LogP contribution in [0.3, 0.4) is 0 Å². The van der Waals surface area contributed by atoms with Crippen molar-refractivity contribution >= 4 is 16.9 Å². The number of aryl methyl sites for hydroxylation is 2. The summed E-state index contributed by atoms with van der Waals surface area (Å²) in [5.41, 5.74) is 4.00. The molecule has 1 amide bonds. The molecule has 0 unspecified atom stereocenters. The van der Waals surface area contributed by atoms with E-state index in [2.05, 4.69) is 41.3 Å². The number of hydrogen-bond donors (Lipinski definition) is 0. The van der Waals surface area contributed by atoms with Crippen LogP contribution in [0.25, 0.3) is 11.0 Å². The third-order valence-corrected chi connectivity index (χ3v) is 6.60. The Morgan fingerprint density at radius 2 is 2.16 bits per heavy atom. The molecule has 0 spiro atoms. The molecule has 2 aromatic heterocycles. The van der Waals surface area contributed by atoms with E-state index < -0.39 is 0 Å². The van der Waals surface area contributed by atoms with Gasteiger partial charge in [0.15, 0.2) is 0 Å². The lowest BCUT2D eigenvalue weighted by Crippen LogP contribution is -2.45. The molecule has 3 atom stereocenters. The van der Waals surface area contributed by atoms with E-state index in [-0.39, 0.29) is 18.1 Å². The maximum Gasteiger partial charge on any atom is 0.252 e. The van der Waals surface area contributed by atoms with Gasteiger partial charge in [-0.3, -0.25) is 9.78 Å². The topological polar surface area (TPSA) is 69.5 Å². The lowest BCUT2D eigenvalue weighted by molar-refractivity contribution is -0.151. The largest absolute Gasteiger partial charge is 0.385 e. The van der Waals surface area contributed by atoms with Gasteiger partial charge < -0.3 is 18.9 Å². The van der Waals surface area contributed by atoms with Crippen molar-refractivity contribution in [3.63, 3.8) is 0 Å². The molecule has 0 bridgehead atoms. The Hall–Kier alpha value is -1.99. The minimum absolute atomic E-state index is 0.0834. The fourth-order valence-electron chi connectivity index (χ4n) is 4.59. The Morgan fingerprint density at radius 1 is 1.35 bits per heavy atom. The van der Waals surface area contributed by atoms with Crippen molar-refractivity contribution < 1.29 is 14.3 Å². The average Bonchev–Trinajstić information content (AvgIpc) is 3.53. The summed E-state index contributed by atoms with van der Waals surface area (Å²) >= 11 is 0. The number of fused-ring (bicyclic) bond motifs is 1. The number of methoxy groups -OCH3 is 1. The highest BCUT2D eigenvalue weighted by molar-refractivity contribution is 5.82. The highest BCUT2D eigenvalue weighted by atomic mass is 16.5. The summed E-state index contributed by atoms with van der Waals surface area (Å²) in [5, 5.41) is 0. The lowest BCUT2D eigenvalue weighted by atomic mass is 9.99. The van der Waals surface area contributed by atoms with Gasteiger partial charge in [0.25, 0.3) is 5.91 Å². The standard InChI is InChI=1S/C24H36N4O3/c1-5-19-23-21(27(15-25-23)11-6-12-30-4)13-20(26-19)17(3)28(18-8-9-18)24(29)22-10-7-16(2)14-31-22/h13,15-18,22H,5-12,14H2,1-4H3/t16-,17-,22-/m1/s1. The summed E-state index contributed by atoms with van der Waals surface area (Å²) in [7, 11) is 1.73. The molecule has 1 saturated heterocycles. The summed E-state index contributed by atoms with van der Waals surface area (Å²) < 4.78 is 13.3. The fraction of sp³-hybridized carbons (Fsp3) is 0.708. The average molecular weight is 429 g/mol. The summed E-state index contributed by atoms with van der Waals surface area (Å²) in [5.74, 6) is 0.667. The first-order valence-corrected chi connectivity index (χ1v) is 11.8. The van der Waals surface area contributed by atoms with Crippen LogP contribution in [0, 0.1) is 5.92 Å². The molecule has 1 aliphatic heterocycles. The van der Waals surface area contributed by atoms with E-state index in [0.717, 1.165) is 74.1 Å². The van der Waals surface area contributed by atoms with Crippen LogP contribution in [0.5, 0.6) is 0 Å². The zero-order valence-corrected chi connectivity index (χ0v) is 19.3. The highest BCUT2D eigenvalue weighted by Gasteiger charge is 2.41. The first-order chi connectivity index (χ1) is 15.0. The molecule has 0 radical (unpaired) electrons. The molecular weight excluding hydrogens is 392 g/mol. The number of ether oxygens (including phenoxy) is 2. The summed E-state index contributed by atoms with van der Waals surface area (Å²) in [4.78, 5) is 25.1. The minimum Gasteiger partial charge on any atom is -0.385 e. The Balaban J connectivity index is 1.62.